The van der Waals surface area contributed by atoms with Crippen molar-refractivity contribution in [2.75, 3.05) is 5.73 Å². The zero-order valence-electron chi connectivity index (χ0n) is 13.6. The molecule has 1 aromatic heterocycles. The van der Waals surface area contributed by atoms with Crippen molar-refractivity contribution in [2.45, 2.75) is 13.0 Å². The number of carbonyl (C=O) groups is 1. The fourth-order valence-corrected chi connectivity index (χ4v) is 2.46. The monoisotopic (exact) mass is 335 g/mol. The van der Waals surface area contributed by atoms with Gasteiger partial charge in [-0.1, -0.05) is 30.3 Å². The molecule has 0 saturated heterocycles. The van der Waals surface area contributed by atoms with Crippen LogP contribution < -0.4 is 5.73 Å². The summed E-state index contributed by atoms with van der Waals surface area (Å²) in [6.07, 6.45) is 7.06. The number of hydrogen-bond acceptors (Lipinski definition) is 3. The number of hydrogen-bond donors (Lipinski definition) is 1. The molecule has 25 heavy (non-hydrogen) atoms. The zero-order chi connectivity index (χ0) is 17.6. The number of nitrogens with zero attached hydrogens (tertiary/aromatic N) is 2. The molecule has 0 bridgehead atoms. The molecule has 0 saturated carbocycles. The molecule has 0 radical (unpaired) electrons. The molecule has 2 N–H and O–H groups in total. The lowest BCUT2D eigenvalue weighted by molar-refractivity contribution is -0.113. The first-order valence-corrected chi connectivity index (χ1v) is 7.91. The number of para-hydroxylation sites is 1. The minimum absolute atomic E-state index is 0.0239. The summed E-state index contributed by atoms with van der Waals surface area (Å²) in [6, 6.07) is 13.6. The van der Waals surface area contributed by atoms with Crippen molar-refractivity contribution in [3.8, 4) is 0 Å². The van der Waals surface area contributed by atoms with E-state index in [4.69, 9.17) is 5.73 Å². The number of carbonyl (C=O) groups excluding carboxylic acids is 1. The largest absolute Gasteiger partial charge is 0.398 e. The van der Waals surface area contributed by atoms with Gasteiger partial charge in [-0.3, -0.25) is 9.48 Å². The smallest absolute Gasteiger partial charge is 0.160 e. The van der Waals surface area contributed by atoms with Gasteiger partial charge >= 0.3 is 0 Å². The lowest BCUT2D eigenvalue weighted by Gasteiger charge is -2.01. The Hall–Kier alpha value is -3.21. The second kappa shape index (κ2) is 7.57. The first kappa shape index (κ1) is 16.6. The van der Waals surface area contributed by atoms with Crippen molar-refractivity contribution in [1.29, 1.82) is 0 Å². The van der Waals surface area contributed by atoms with Gasteiger partial charge in [0.15, 0.2) is 5.78 Å². The predicted molar refractivity (Wildman–Crippen MR) is 96.3 cm³/mol. The number of rotatable bonds is 6. The van der Waals surface area contributed by atoms with Crippen LogP contribution >= 0.6 is 0 Å². The third kappa shape index (κ3) is 4.64. The van der Waals surface area contributed by atoms with Crippen LogP contribution in [0.1, 0.15) is 16.7 Å². The van der Waals surface area contributed by atoms with Crippen LogP contribution in [-0.2, 0) is 17.8 Å². The van der Waals surface area contributed by atoms with Crippen molar-refractivity contribution < 1.29 is 9.18 Å². The Bertz CT molecular complexity index is 897. The van der Waals surface area contributed by atoms with E-state index in [-0.39, 0.29) is 18.0 Å². The third-order valence-corrected chi connectivity index (χ3v) is 3.79. The molecule has 0 unspecified atom stereocenters. The minimum atomic E-state index is -0.259. The second-order valence-electron chi connectivity index (χ2n) is 5.77. The highest BCUT2D eigenvalue weighted by molar-refractivity contribution is 5.95. The van der Waals surface area contributed by atoms with Crippen LogP contribution in [0.4, 0.5) is 10.1 Å². The van der Waals surface area contributed by atoms with Gasteiger partial charge in [0, 0.05) is 23.9 Å². The number of halogens is 1. The third-order valence-electron chi connectivity index (χ3n) is 3.79. The van der Waals surface area contributed by atoms with Gasteiger partial charge in [-0.2, -0.15) is 5.10 Å². The Morgan fingerprint density at radius 3 is 2.68 bits per heavy atom. The van der Waals surface area contributed by atoms with Crippen LogP contribution in [0.3, 0.4) is 0 Å². The van der Waals surface area contributed by atoms with Crippen molar-refractivity contribution in [3.05, 3.63) is 89.5 Å². The van der Waals surface area contributed by atoms with Crippen molar-refractivity contribution in [3.63, 3.8) is 0 Å². The average Bonchev–Trinajstić information content (AvgIpc) is 3.05. The lowest BCUT2D eigenvalue weighted by Crippen LogP contribution is -2.01. The highest BCUT2D eigenvalue weighted by Crippen LogP contribution is 2.12. The van der Waals surface area contributed by atoms with Crippen LogP contribution in [0.5, 0.6) is 0 Å². The number of anilines is 1. The number of benzene rings is 2. The van der Waals surface area contributed by atoms with Gasteiger partial charge in [0.25, 0.3) is 0 Å². The van der Waals surface area contributed by atoms with Gasteiger partial charge in [0.2, 0.25) is 0 Å². The van der Waals surface area contributed by atoms with Crippen molar-refractivity contribution >= 4 is 17.5 Å². The summed E-state index contributed by atoms with van der Waals surface area (Å²) in [5.74, 6) is -0.283. The fraction of sp³-hybridized carbons (Fsp3) is 0.100. The first-order valence-electron chi connectivity index (χ1n) is 7.91. The minimum Gasteiger partial charge on any atom is -0.398 e. The van der Waals surface area contributed by atoms with E-state index in [1.54, 1.807) is 35.2 Å². The Kier molecular flexibility index (Phi) is 5.04. The molecule has 126 valence electrons. The summed E-state index contributed by atoms with van der Waals surface area (Å²) in [5.41, 5.74) is 9.08. The average molecular weight is 335 g/mol. The van der Waals surface area contributed by atoms with Crippen molar-refractivity contribution in [1.82, 2.24) is 9.78 Å². The molecule has 0 spiro atoms. The normalized spacial score (nSPS) is 11.1. The molecule has 2 aromatic carbocycles. The van der Waals surface area contributed by atoms with Gasteiger partial charge in [-0.15, -0.1) is 0 Å². The summed E-state index contributed by atoms with van der Waals surface area (Å²) in [6.45, 7) is 0.544. The Balaban J connectivity index is 1.60. The quantitative estimate of drug-likeness (QED) is 0.554. The van der Waals surface area contributed by atoms with Gasteiger partial charge < -0.3 is 5.73 Å². The molecule has 0 aliphatic carbocycles. The van der Waals surface area contributed by atoms with Crippen LogP contribution in [0, 0.1) is 5.82 Å². The summed E-state index contributed by atoms with van der Waals surface area (Å²) < 4.78 is 14.7. The van der Waals surface area contributed by atoms with Crippen LogP contribution in [-0.4, -0.2) is 15.6 Å². The number of nitrogen functional groups attached to an aromatic ring is 1. The van der Waals surface area contributed by atoms with E-state index in [9.17, 15) is 9.18 Å². The van der Waals surface area contributed by atoms with E-state index in [0.717, 1.165) is 16.7 Å². The highest BCUT2D eigenvalue weighted by atomic mass is 19.1. The topological polar surface area (TPSA) is 60.9 Å². The lowest BCUT2D eigenvalue weighted by atomic mass is 10.1. The van der Waals surface area contributed by atoms with Gasteiger partial charge in [-0.05, 0) is 41.5 Å². The summed E-state index contributed by atoms with van der Waals surface area (Å²) >= 11 is 0. The van der Waals surface area contributed by atoms with E-state index in [1.807, 2.05) is 24.4 Å². The molecule has 3 aromatic rings. The standard InChI is InChI=1S/C20H18FN3O/c21-18-8-5-15(6-9-18)13-24-14-16(12-23-24)7-10-19(25)11-17-3-1-2-4-20(17)22/h1-10,12,14H,11,13,22H2/b10-7+. The van der Waals surface area contributed by atoms with Gasteiger partial charge in [0.1, 0.15) is 5.82 Å². The summed E-state index contributed by atoms with van der Waals surface area (Å²) in [5, 5.41) is 4.25. The molecule has 0 aliphatic heterocycles. The van der Waals surface area contributed by atoms with Crippen LogP contribution in [0.2, 0.25) is 0 Å². The van der Waals surface area contributed by atoms with Crippen molar-refractivity contribution in [2.24, 2.45) is 0 Å². The van der Waals surface area contributed by atoms with Gasteiger partial charge in [0.05, 0.1) is 12.7 Å². The molecule has 0 amide bonds. The molecule has 0 atom stereocenters. The number of aromatic nitrogens is 2. The molecular weight excluding hydrogens is 317 g/mol. The van der Waals surface area contributed by atoms with E-state index in [1.165, 1.54) is 18.2 Å². The SMILES string of the molecule is Nc1ccccc1CC(=O)/C=C/c1cnn(Cc2ccc(F)cc2)c1. The maximum atomic E-state index is 12.9. The number of ketones is 1. The van der Waals surface area contributed by atoms with Crippen LogP contribution in [0.15, 0.2) is 67.0 Å². The van der Waals surface area contributed by atoms with Crippen LogP contribution in [0.25, 0.3) is 6.08 Å². The highest BCUT2D eigenvalue weighted by Gasteiger charge is 2.04. The van der Waals surface area contributed by atoms with E-state index < -0.39 is 0 Å². The van der Waals surface area contributed by atoms with E-state index >= 15 is 0 Å². The first-order chi connectivity index (χ1) is 12.1. The maximum absolute atomic E-state index is 12.9. The Labute approximate surface area is 145 Å². The summed E-state index contributed by atoms with van der Waals surface area (Å²) in [7, 11) is 0. The van der Waals surface area contributed by atoms with E-state index in [0.29, 0.717) is 12.2 Å². The number of allylic oxidation sites excluding steroid dienone is 1. The molecule has 0 fully saturated rings. The molecule has 1 heterocycles. The molecular formula is C20H18FN3O. The predicted octanol–water partition coefficient (Wildman–Crippen LogP) is 3.48. The molecule has 5 heteroatoms. The second-order valence-corrected chi connectivity index (χ2v) is 5.77. The molecule has 3 rings (SSSR count). The molecule has 0 aliphatic rings. The van der Waals surface area contributed by atoms with E-state index in [2.05, 4.69) is 5.10 Å². The van der Waals surface area contributed by atoms with Gasteiger partial charge in [-0.25, -0.2) is 4.39 Å². The fourth-order valence-electron chi connectivity index (χ4n) is 2.46. The number of nitrogens with two attached hydrogens (primary N) is 1. The maximum Gasteiger partial charge on any atom is 0.160 e. The summed E-state index contributed by atoms with van der Waals surface area (Å²) in [4.78, 5) is 12.1. The zero-order valence-corrected chi connectivity index (χ0v) is 13.6. The Morgan fingerprint density at radius 1 is 1.16 bits per heavy atom. The molecule has 4 nitrogen and oxygen atoms in total. The Morgan fingerprint density at radius 2 is 1.92 bits per heavy atom.